The molecule has 2 aliphatic rings. The number of nitrogens with one attached hydrogen (secondary N) is 2. The molecule has 1 fully saturated rings. The van der Waals surface area contributed by atoms with Crippen LogP contribution in [0, 0.1) is 0 Å². The SMILES string of the molecule is O=C1CCC(CNC2CCCc3sc(Br)cc32)N1. The maximum Gasteiger partial charge on any atom is 0.220 e. The Hall–Kier alpha value is -0.390. The molecule has 0 saturated carbocycles. The summed E-state index contributed by atoms with van der Waals surface area (Å²) in [7, 11) is 0. The molecule has 1 amide bonds. The Labute approximate surface area is 119 Å². The fraction of sp³-hybridized carbons (Fsp3) is 0.615. The molecule has 1 aromatic heterocycles. The number of hydrogen-bond donors (Lipinski definition) is 2. The predicted octanol–water partition coefficient (Wildman–Crippen LogP) is 2.76. The summed E-state index contributed by atoms with van der Waals surface area (Å²) in [5.74, 6) is 0.199. The van der Waals surface area contributed by atoms with Crippen molar-refractivity contribution in [2.45, 2.75) is 44.2 Å². The minimum atomic E-state index is 0.199. The Balaban J connectivity index is 1.62. The molecule has 98 valence electrons. The van der Waals surface area contributed by atoms with E-state index in [0.717, 1.165) is 13.0 Å². The lowest BCUT2D eigenvalue weighted by Gasteiger charge is -2.25. The summed E-state index contributed by atoms with van der Waals surface area (Å²) < 4.78 is 1.23. The Morgan fingerprint density at radius 2 is 2.33 bits per heavy atom. The molecular formula is C13H17BrN2OS. The molecule has 0 spiro atoms. The van der Waals surface area contributed by atoms with Crippen LogP contribution in [0.4, 0.5) is 0 Å². The first-order valence-electron chi connectivity index (χ1n) is 6.53. The van der Waals surface area contributed by atoms with Crippen LogP contribution in [0.3, 0.4) is 0 Å². The maximum absolute atomic E-state index is 11.2. The van der Waals surface area contributed by atoms with Crippen molar-refractivity contribution in [1.29, 1.82) is 0 Å². The summed E-state index contributed by atoms with van der Waals surface area (Å²) in [6.45, 7) is 0.892. The van der Waals surface area contributed by atoms with E-state index < -0.39 is 0 Å². The minimum Gasteiger partial charge on any atom is -0.352 e. The summed E-state index contributed by atoms with van der Waals surface area (Å²) in [6, 6.07) is 3.04. The third-order valence-corrected chi connectivity index (χ3v) is 5.49. The summed E-state index contributed by atoms with van der Waals surface area (Å²) in [5, 5.41) is 6.64. The van der Waals surface area contributed by atoms with Crippen molar-refractivity contribution in [3.63, 3.8) is 0 Å². The van der Waals surface area contributed by atoms with E-state index in [4.69, 9.17) is 0 Å². The molecule has 18 heavy (non-hydrogen) atoms. The molecular weight excluding hydrogens is 312 g/mol. The second kappa shape index (κ2) is 5.31. The van der Waals surface area contributed by atoms with Crippen molar-refractivity contribution in [3.05, 3.63) is 20.3 Å². The van der Waals surface area contributed by atoms with Crippen LogP contribution in [-0.4, -0.2) is 18.5 Å². The molecule has 0 radical (unpaired) electrons. The van der Waals surface area contributed by atoms with Crippen molar-refractivity contribution in [2.75, 3.05) is 6.54 Å². The number of carbonyl (C=O) groups excluding carboxylic acids is 1. The second-order valence-electron chi connectivity index (χ2n) is 5.09. The van der Waals surface area contributed by atoms with Gasteiger partial charge in [0.1, 0.15) is 0 Å². The Bertz CT molecular complexity index is 460. The van der Waals surface area contributed by atoms with Gasteiger partial charge >= 0.3 is 0 Å². The van der Waals surface area contributed by atoms with Crippen LogP contribution in [0.5, 0.6) is 0 Å². The molecule has 2 unspecified atom stereocenters. The van der Waals surface area contributed by atoms with Gasteiger partial charge in [0.05, 0.1) is 3.79 Å². The molecule has 1 aromatic rings. The van der Waals surface area contributed by atoms with E-state index in [-0.39, 0.29) is 5.91 Å². The van der Waals surface area contributed by atoms with E-state index in [0.29, 0.717) is 18.5 Å². The van der Waals surface area contributed by atoms with E-state index >= 15 is 0 Å². The van der Waals surface area contributed by atoms with Gasteiger partial charge in [0.25, 0.3) is 0 Å². The average Bonchev–Trinajstić information content (AvgIpc) is 2.91. The lowest BCUT2D eigenvalue weighted by molar-refractivity contribution is -0.119. The zero-order valence-corrected chi connectivity index (χ0v) is 12.6. The van der Waals surface area contributed by atoms with Gasteiger partial charge in [-0.3, -0.25) is 4.79 Å². The van der Waals surface area contributed by atoms with E-state index in [1.54, 1.807) is 0 Å². The summed E-state index contributed by atoms with van der Waals surface area (Å²) in [5.41, 5.74) is 1.46. The van der Waals surface area contributed by atoms with Crippen molar-refractivity contribution in [3.8, 4) is 0 Å². The van der Waals surface area contributed by atoms with Crippen LogP contribution in [-0.2, 0) is 11.2 Å². The third kappa shape index (κ3) is 2.63. The topological polar surface area (TPSA) is 41.1 Å². The molecule has 2 heterocycles. The van der Waals surface area contributed by atoms with Gasteiger partial charge in [-0.2, -0.15) is 0 Å². The van der Waals surface area contributed by atoms with Gasteiger partial charge in [0.2, 0.25) is 5.91 Å². The Kier molecular flexibility index (Phi) is 3.73. The first-order chi connectivity index (χ1) is 8.72. The van der Waals surface area contributed by atoms with Crippen molar-refractivity contribution < 1.29 is 4.79 Å². The fourth-order valence-electron chi connectivity index (χ4n) is 2.85. The van der Waals surface area contributed by atoms with E-state index in [1.807, 2.05) is 11.3 Å². The van der Waals surface area contributed by atoms with Gasteiger partial charge in [-0.15, -0.1) is 11.3 Å². The van der Waals surface area contributed by atoms with Crippen LogP contribution in [0.15, 0.2) is 9.85 Å². The van der Waals surface area contributed by atoms with Gasteiger partial charge in [0.15, 0.2) is 0 Å². The maximum atomic E-state index is 11.2. The van der Waals surface area contributed by atoms with E-state index in [2.05, 4.69) is 32.6 Å². The number of fused-ring (bicyclic) bond motifs is 1. The highest BCUT2D eigenvalue weighted by Crippen LogP contribution is 2.37. The average molecular weight is 329 g/mol. The molecule has 0 bridgehead atoms. The molecule has 1 aliphatic heterocycles. The van der Waals surface area contributed by atoms with Crippen LogP contribution in [0.1, 0.15) is 42.2 Å². The zero-order valence-electron chi connectivity index (χ0n) is 10.2. The van der Waals surface area contributed by atoms with Gasteiger partial charge in [-0.1, -0.05) is 0 Å². The summed E-state index contributed by atoms with van der Waals surface area (Å²) in [4.78, 5) is 12.7. The number of amides is 1. The molecule has 5 heteroatoms. The normalized spacial score (nSPS) is 27.1. The number of halogens is 1. The highest BCUT2D eigenvalue weighted by molar-refractivity contribution is 9.11. The zero-order chi connectivity index (χ0) is 12.5. The molecule has 0 aromatic carbocycles. The molecule has 2 N–H and O–H groups in total. The van der Waals surface area contributed by atoms with Crippen molar-refractivity contribution in [1.82, 2.24) is 10.6 Å². The Morgan fingerprint density at radius 3 is 3.11 bits per heavy atom. The smallest absolute Gasteiger partial charge is 0.220 e. The number of carbonyl (C=O) groups is 1. The number of thiophene rings is 1. The summed E-state index contributed by atoms with van der Waals surface area (Å²) >= 11 is 5.44. The molecule has 3 nitrogen and oxygen atoms in total. The minimum absolute atomic E-state index is 0.199. The number of hydrogen-bond acceptors (Lipinski definition) is 3. The van der Waals surface area contributed by atoms with Crippen molar-refractivity contribution >= 4 is 33.2 Å². The summed E-state index contributed by atoms with van der Waals surface area (Å²) in [6.07, 6.45) is 5.33. The molecule has 1 aliphatic carbocycles. The van der Waals surface area contributed by atoms with Crippen LogP contribution >= 0.6 is 27.3 Å². The van der Waals surface area contributed by atoms with E-state index in [1.165, 1.54) is 33.5 Å². The fourth-order valence-corrected chi connectivity index (χ4v) is 4.67. The third-order valence-electron chi connectivity index (χ3n) is 3.78. The second-order valence-corrected chi connectivity index (χ2v) is 7.60. The highest BCUT2D eigenvalue weighted by atomic mass is 79.9. The van der Waals surface area contributed by atoms with Crippen LogP contribution in [0.25, 0.3) is 0 Å². The molecule has 2 atom stereocenters. The first kappa shape index (κ1) is 12.6. The van der Waals surface area contributed by atoms with Gasteiger partial charge in [0, 0.05) is 29.9 Å². The van der Waals surface area contributed by atoms with Gasteiger partial charge in [-0.25, -0.2) is 0 Å². The molecule has 3 rings (SSSR count). The standard InChI is InChI=1S/C13H17BrN2OS/c14-12-6-9-10(2-1-3-11(9)18-12)15-7-8-4-5-13(17)16-8/h6,8,10,15H,1-5,7H2,(H,16,17). The van der Waals surface area contributed by atoms with Gasteiger partial charge < -0.3 is 10.6 Å². The number of rotatable bonds is 3. The lowest BCUT2D eigenvalue weighted by Crippen LogP contribution is -2.37. The van der Waals surface area contributed by atoms with Crippen molar-refractivity contribution in [2.24, 2.45) is 0 Å². The Morgan fingerprint density at radius 1 is 1.44 bits per heavy atom. The lowest BCUT2D eigenvalue weighted by atomic mass is 9.94. The monoisotopic (exact) mass is 328 g/mol. The van der Waals surface area contributed by atoms with Crippen LogP contribution in [0.2, 0.25) is 0 Å². The van der Waals surface area contributed by atoms with E-state index in [9.17, 15) is 4.79 Å². The highest BCUT2D eigenvalue weighted by Gasteiger charge is 2.25. The predicted molar refractivity (Wildman–Crippen MR) is 76.9 cm³/mol. The van der Waals surface area contributed by atoms with Crippen LogP contribution < -0.4 is 10.6 Å². The molecule has 1 saturated heterocycles. The van der Waals surface area contributed by atoms with Gasteiger partial charge in [-0.05, 0) is 53.2 Å². The number of aryl methyl sites for hydroxylation is 1. The largest absolute Gasteiger partial charge is 0.352 e. The first-order valence-corrected chi connectivity index (χ1v) is 8.14. The quantitative estimate of drug-likeness (QED) is 0.895.